The number of piperidine rings is 1. The fourth-order valence-corrected chi connectivity index (χ4v) is 3.75. The predicted molar refractivity (Wildman–Crippen MR) is 122 cm³/mol. The van der Waals surface area contributed by atoms with Crippen molar-refractivity contribution in [1.29, 1.82) is 5.26 Å². The van der Waals surface area contributed by atoms with Crippen molar-refractivity contribution >= 4 is 23.2 Å². The molecular weight excluding hydrogens is 390 g/mol. The zero-order valence-corrected chi connectivity index (χ0v) is 17.6. The second-order valence-corrected chi connectivity index (χ2v) is 7.69. The molecule has 0 aliphatic carbocycles. The number of guanidine groups is 1. The van der Waals surface area contributed by atoms with E-state index < -0.39 is 0 Å². The van der Waals surface area contributed by atoms with Crippen molar-refractivity contribution in [2.45, 2.75) is 32.1 Å². The Morgan fingerprint density at radius 2 is 2.10 bits per heavy atom. The number of nitrogens with two attached hydrogens (primary N) is 1. The van der Waals surface area contributed by atoms with E-state index in [0.29, 0.717) is 29.7 Å². The highest BCUT2D eigenvalue weighted by atomic mass is 16.2. The third kappa shape index (κ3) is 7.00. The SMILES string of the molecule is N#CNC(=NCCCCC1CCN(C(=O)c2cccc(N)c2)CC1)Nc1cccnc1. The maximum Gasteiger partial charge on any atom is 0.253 e. The molecule has 4 N–H and O–H groups in total. The average Bonchev–Trinajstić information content (AvgIpc) is 2.79. The lowest BCUT2D eigenvalue weighted by Crippen LogP contribution is -2.38. The van der Waals surface area contributed by atoms with E-state index in [1.165, 1.54) is 0 Å². The molecule has 0 atom stereocenters. The van der Waals surface area contributed by atoms with E-state index >= 15 is 0 Å². The smallest absolute Gasteiger partial charge is 0.253 e. The molecule has 3 rings (SSSR count). The van der Waals surface area contributed by atoms with Gasteiger partial charge in [-0.25, -0.2) is 0 Å². The first-order chi connectivity index (χ1) is 15.2. The van der Waals surface area contributed by atoms with Crippen LogP contribution < -0.4 is 16.4 Å². The molecule has 1 saturated heterocycles. The second kappa shape index (κ2) is 11.6. The van der Waals surface area contributed by atoms with Gasteiger partial charge in [-0.2, -0.15) is 5.26 Å². The van der Waals surface area contributed by atoms with Gasteiger partial charge in [-0.15, -0.1) is 0 Å². The molecule has 0 spiro atoms. The minimum atomic E-state index is 0.0683. The first-order valence-corrected chi connectivity index (χ1v) is 10.7. The molecule has 2 heterocycles. The van der Waals surface area contributed by atoms with E-state index in [2.05, 4.69) is 20.6 Å². The number of aromatic nitrogens is 1. The number of aliphatic imine (C=N–C) groups is 1. The number of rotatable bonds is 7. The molecule has 0 saturated carbocycles. The molecule has 1 amide bonds. The Bertz CT molecular complexity index is 915. The van der Waals surface area contributed by atoms with Crippen LogP contribution in [0.5, 0.6) is 0 Å². The minimum Gasteiger partial charge on any atom is -0.399 e. The summed E-state index contributed by atoms with van der Waals surface area (Å²) < 4.78 is 0. The van der Waals surface area contributed by atoms with Crippen LogP contribution >= 0.6 is 0 Å². The van der Waals surface area contributed by atoms with Gasteiger partial charge >= 0.3 is 0 Å². The van der Waals surface area contributed by atoms with Gasteiger partial charge < -0.3 is 16.0 Å². The third-order valence-electron chi connectivity index (χ3n) is 5.42. The Kier molecular flexibility index (Phi) is 8.23. The molecule has 162 valence electrons. The summed E-state index contributed by atoms with van der Waals surface area (Å²) in [4.78, 5) is 23.0. The predicted octanol–water partition coefficient (Wildman–Crippen LogP) is 3.23. The molecule has 1 aromatic carbocycles. The van der Waals surface area contributed by atoms with E-state index in [1.54, 1.807) is 24.5 Å². The number of nitrogens with zero attached hydrogens (tertiary/aromatic N) is 4. The average molecular weight is 420 g/mol. The third-order valence-corrected chi connectivity index (χ3v) is 5.42. The monoisotopic (exact) mass is 419 g/mol. The summed E-state index contributed by atoms with van der Waals surface area (Å²) in [6.45, 7) is 2.23. The number of anilines is 2. The maximum absolute atomic E-state index is 12.6. The van der Waals surface area contributed by atoms with Crippen molar-refractivity contribution in [1.82, 2.24) is 15.2 Å². The summed E-state index contributed by atoms with van der Waals surface area (Å²) in [7, 11) is 0. The molecule has 0 radical (unpaired) electrons. The first kappa shape index (κ1) is 22.1. The van der Waals surface area contributed by atoms with Crippen molar-refractivity contribution < 1.29 is 4.79 Å². The van der Waals surface area contributed by atoms with E-state index in [0.717, 1.165) is 50.9 Å². The molecule has 31 heavy (non-hydrogen) atoms. The van der Waals surface area contributed by atoms with Crippen LogP contribution in [0.4, 0.5) is 11.4 Å². The second-order valence-electron chi connectivity index (χ2n) is 7.69. The Labute approximate surface area is 183 Å². The number of nitriles is 1. The standard InChI is InChI=1S/C23H29N7O/c24-17-28-23(29-21-8-4-11-26-16-21)27-12-2-1-5-18-9-13-30(14-10-18)22(31)19-6-3-7-20(25)15-19/h3-4,6-8,11,15-16,18H,1-2,5,9-10,12-14,25H2,(H2,27,28,29). The molecule has 8 heteroatoms. The Hall–Kier alpha value is -3.60. The van der Waals surface area contributed by atoms with Crippen LogP contribution in [0.15, 0.2) is 53.8 Å². The molecule has 2 aromatic rings. The van der Waals surface area contributed by atoms with Gasteiger partial charge in [-0.3, -0.25) is 20.1 Å². The van der Waals surface area contributed by atoms with Gasteiger partial charge in [-0.05, 0) is 55.5 Å². The van der Waals surface area contributed by atoms with E-state index in [9.17, 15) is 4.79 Å². The summed E-state index contributed by atoms with van der Waals surface area (Å²) in [5.74, 6) is 1.14. The van der Waals surface area contributed by atoms with E-state index in [1.807, 2.05) is 35.4 Å². The van der Waals surface area contributed by atoms with E-state index in [4.69, 9.17) is 11.0 Å². The molecule has 0 bridgehead atoms. The number of nitrogens with one attached hydrogen (secondary N) is 2. The number of pyridine rings is 1. The number of carbonyl (C=O) groups excluding carboxylic acids is 1. The summed E-state index contributed by atoms with van der Waals surface area (Å²) in [5, 5.41) is 14.5. The Morgan fingerprint density at radius 3 is 2.81 bits per heavy atom. The van der Waals surface area contributed by atoms with Crippen LogP contribution in [-0.4, -0.2) is 41.4 Å². The van der Waals surface area contributed by atoms with Crippen molar-refractivity contribution in [2.75, 3.05) is 30.7 Å². The summed E-state index contributed by atoms with van der Waals surface area (Å²) in [6, 6.07) is 10.9. The van der Waals surface area contributed by atoms with E-state index in [-0.39, 0.29) is 5.91 Å². The summed E-state index contributed by atoms with van der Waals surface area (Å²) in [5.41, 5.74) is 7.86. The maximum atomic E-state index is 12.6. The fourth-order valence-electron chi connectivity index (χ4n) is 3.75. The molecule has 1 aliphatic heterocycles. The van der Waals surface area contributed by atoms with Crippen molar-refractivity contribution in [2.24, 2.45) is 10.9 Å². The molecule has 1 aliphatic rings. The lowest BCUT2D eigenvalue weighted by Gasteiger charge is -2.32. The van der Waals surface area contributed by atoms with Crippen LogP contribution in [0, 0.1) is 17.4 Å². The van der Waals surface area contributed by atoms with Crippen LogP contribution in [0.25, 0.3) is 0 Å². The highest BCUT2D eigenvalue weighted by Crippen LogP contribution is 2.24. The number of unbranched alkanes of at least 4 members (excludes halogenated alkanes) is 1. The summed E-state index contributed by atoms with van der Waals surface area (Å²) in [6.07, 6.45) is 10.5. The van der Waals surface area contributed by atoms with Gasteiger partial charge in [0.25, 0.3) is 5.91 Å². The highest BCUT2D eigenvalue weighted by molar-refractivity contribution is 5.95. The van der Waals surface area contributed by atoms with Gasteiger partial charge in [0.15, 0.2) is 6.19 Å². The molecule has 8 nitrogen and oxygen atoms in total. The van der Waals surface area contributed by atoms with Crippen molar-refractivity contribution in [3.63, 3.8) is 0 Å². The minimum absolute atomic E-state index is 0.0683. The number of hydrogen-bond donors (Lipinski definition) is 3. The van der Waals surface area contributed by atoms with Crippen LogP contribution in [0.2, 0.25) is 0 Å². The number of amides is 1. The highest BCUT2D eigenvalue weighted by Gasteiger charge is 2.23. The van der Waals surface area contributed by atoms with Crippen molar-refractivity contribution in [3.05, 3.63) is 54.4 Å². The van der Waals surface area contributed by atoms with Crippen LogP contribution in [0.1, 0.15) is 42.5 Å². The molecule has 0 unspecified atom stereocenters. The normalized spacial score (nSPS) is 14.7. The van der Waals surface area contributed by atoms with Crippen molar-refractivity contribution in [3.8, 4) is 6.19 Å². The lowest BCUT2D eigenvalue weighted by molar-refractivity contribution is 0.0686. The molecular formula is C23H29N7O. The number of benzene rings is 1. The molecule has 1 aromatic heterocycles. The first-order valence-electron chi connectivity index (χ1n) is 10.7. The van der Waals surface area contributed by atoms with Gasteiger partial charge in [0.05, 0.1) is 11.9 Å². The topological polar surface area (TPSA) is 119 Å². The number of likely N-dealkylation sites (tertiary alicyclic amines) is 1. The zero-order valence-electron chi connectivity index (χ0n) is 17.6. The largest absolute Gasteiger partial charge is 0.399 e. The molecule has 1 fully saturated rings. The fraction of sp³-hybridized carbons (Fsp3) is 0.391. The zero-order chi connectivity index (χ0) is 21.9. The van der Waals surface area contributed by atoms with Gasteiger partial charge in [0.1, 0.15) is 0 Å². The van der Waals surface area contributed by atoms with Gasteiger partial charge in [0.2, 0.25) is 5.96 Å². The lowest BCUT2D eigenvalue weighted by atomic mass is 9.91. The van der Waals surface area contributed by atoms with Gasteiger partial charge in [-0.1, -0.05) is 18.9 Å². The van der Waals surface area contributed by atoms with Crippen LogP contribution in [-0.2, 0) is 0 Å². The quantitative estimate of drug-likeness (QED) is 0.158. The summed E-state index contributed by atoms with van der Waals surface area (Å²) >= 11 is 0. The van der Waals surface area contributed by atoms with Crippen LogP contribution in [0.3, 0.4) is 0 Å². The Morgan fingerprint density at radius 1 is 1.26 bits per heavy atom. The number of hydrogen-bond acceptors (Lipinski definition) is 5. The Balaban J connectivity index is 1.36. The number of nitrogen functional groups attached to an aromatic ring is 1. The number of carbonyl (C=O) groups is 1. The van der Waals surface area contributed by atoms with Gasteiger partial charge in [0, 0.05) is 37.1 Å².